The van der Waals surface area contributed by atoms with Crippen molar-refractivity contribution in [3.8, 4) is 5.75 Å². The summed E-state index contributed by atoms with van der Waals surface area (Å²) < 4.78 is 18.5. The lowest BCUT2D eigenvalue weighted by Gasteiger charge is -2.35. The molecule has 0 bridgehead atoms. The van der Waals surface area contributed by atoms with Gasteiger partial charge in [-0.05, 0) is 30.0 Å². The second-order valence-electron chi connectivity index (χ2n) is 5.02. The lowest BCUT2D eigenvalue weighted by molar-refractivity contribution is 0.0842. The summed E-state index contributed by atoms with van der Waals surface area (Å²) in [5.74, 6) is 0.0610. The van der Waals surface area contributed by atoms with Crippen molar-refractivity contribution in [2.24, 2.45) is 17.1 Å². The maximum Gasteiger partial charge on any atom is 0.165 e. The predicted octanol–water partition coefficient (Wildman–Crippen LogP) is 1.97. The fourth-order valence-corrected chi connectivity index (χ4v) is 2.04. The molecule has 0 aromatic heterocycles. The van der Waals surface area contributed by atoms with Gasteiger partial charge in [0.15, 0.2) is 11.6 Å². The number of rotatable bonds is 6. The highest BCUT2D eigenvalue weighted by molar-refractivity contribution is 5.30. The van der Waals surface area contributed by atoms with Gasteiger partial charge in [0.25, 0.3) is 0 Å². The van der Waals surface area contributed by atoms with Gasteiger partial charge in [-0.15, -0.1) is 0 Å². The van der Waals surface area contributed by atoms with Crippen LogP contribution in [-0.2, 0) is 6.42 Å². The highest BCUT2D eigenvalue weighted by Crippen LogP contribution is 2.31. The van der Waals surface area contributed by atoms with E-state index in [1.807, 2.05) is 19.9 Å². The van der Waals surface area contributed by atoms with Crippen molar-refractivity contribution in [3.05, 3.63) is 29.6 Å². The van der Waals surface area contributed by atoms with Crippen LogP contribution in [0, 0.1) is 17.2 Å². The zero-order valence-electron chi connectivity index (χ0n) is 11.2. The zero-order valence-corrected chi connectivity index (χ0v) is 11.2. The van der Waals surface area contributed by atoms with Gasteiger partial charge in [0, 0.05) is 12.0 Å². The molecular weight excluding hydrogens is 233 g/mol. The minimum Gasteiger partial charge on any atom is -0.494 e. The fraction of sp³-hybridized carbons (Fsp3) is 0.571. The lowest BCUT2D eigenvalue weighted by Crippen LogP contribution is -2.41. The molecule has 1 rings (SSSR count). The monoisotopic (exact) mass is 255 g/mol. The molecule has 102 valence electrons. The first kappa shape index (κ1) is 14.9. The fourth-order valence-electron chi connectivity index (χ4n) is 2.04. The van der Waals surface area contributed by atoms with Crippen molar-refractivity contribution in [2.75, 3.05) is 20.3 Å². The third-order valence-corrected chi connectivity index (χ3v) is 3.72. The molecule has 0 aliphatic carbocycles. The highest BCUT2D eigenvalue weighted by atomic mass is 19.1. The first-order chi connectivity index (χ1) is 8.49. The summed E-state index contributed by atoms with van der Waals surface area (Å²) in [6, 6.07) is 4.86. The second kappa shape index (κ2) is 6.16. The largest absolute Gasteiger partial charge is 0.494 e. The van der Waals surface area contributed by atoms with Gasteiger partial charge in [-0.1, -0.05) is 19.9 Å². The van der Waals surface area contributed by atoms with E-state index in [9.17, 15) is 9.50 Å². The molecule has 1 unspecified atom stereocenters. The summed E-state index contributed by atoms with van der Waals surface area (Å²) >= 11 is 0. The second-order valence-corrected chi connectivity index (χ2v) is 5.02. The number of nitrogens with two attached hydrogens (primary N) is 1. The van der Waals surface area contributed by atoms with Crippen LogP contribution in [0.1, 0.15) is 19.4 Å². The Balaban J connectivity index is 2.98. The van der Waals surface area contributed by atoms with Gasteiger partial charge >= 0.3 is 0 Å². The van der Waals surface area contributed by atoms with Crippen LogP contribution in [0.4, 0.5) is 4.39 Å². The lowest BCUT2D eigenvalue weighted by atomic mass is 9.73. The molecule has 0 fully saturated rings. The molecule has 0 heterocycles. The number of aliphatic hydroxyl groups is 1. The van der Waals surface area contributed by atoms with E-state index in [1.54, 1.807) is 6.07 Å². The highest BCUT2D eigenvalue weighted by Gasteiger charge is 2.32. The van der Waals surface area contributed by atoms with Crippen LogP contribution in [0.15, 0.2) is 18.2 Å². The average molecular weight is 255 g/mol. The van der Waals surface area contributed by atoms with Gasteiger partial charge < -0.3 is 15.6 Å². The van der Waals surface area contributed by atoms with Gasteiger partial charge in [-0.25, -0.2) is 4.39 Å². The van der Waals surface area contributed by atoms with Crippen molar-refractivity contribution >= 4 is 0 Å². The van der Waals surface area contributed by atoms with Crippen LogP contribution >= 0.6 is 0 Å². The number of aliphatic hydroxyl groups excluding tert-OH is 1. The Labute approximate surface area is 108 Å². The molecule has 4 heteroatoms. The van der Waals surface area contributed by atoms with E-state index in [4.69, 9.17) is 10.5 Å². The molecule has 0 radical (unpaired) electrons. The van der Waals surface area contributed by atoms with Crippen molar-refractivity contribution in [3.63, 3.8) is 0 Å². The Bertz CT molecular complexity index is 389. The molecule has 0 spiro atoms. The predicted molar refractivity (Wildman–Crippen MR) is 70.1 cm³/mol. The van der Waals surface area contributed by atoms with Crippen molar-refractivity contribution in [1.82, 2.24) is 0 Å². The summed E-state index contributed by atoms with van der Waals surface area (Å²) in [5.41, 5.74) is 6.20. The van der Waals surface area contributed by atoms with Gasteiger partial charge in [0.05, 0.1) is 13.7 Å². The van der Waals surface area contributed by atoms with E-state index in [1.165, 1.54) is 13.2 Å². The summed E-state index contributed by atoms with van der Waals surface area (Å²) in [6.07, 6.45) is 0.554. The first-order valence-electron chi connectivity index (χ1n) is 6.12. The molecule has 3 N–H and O–H groups in total. The molecule has 1 aromatic carbocycles. The number of methoxy groups -OCH3 is 1. The molecule has 18 heavy (non-hydrogen) atoms. The molecule has 0 saturated carbocycles. The summed E-state index contributed by atoms with van der Waals surface area (Å²) in [5, 5.41) is 9.58. The third-order valence-electron chi connectivity index (χ3n) is 3.72. The molecule has 1 aromatic rings. The van der Waals surface area contributed by atoms with E-state index < -0.39 is 5.41 Å². The van der Waals surface area contributed by atoms with Crippen molar-refractivity contribution in [2.45, 2.75) is 20.3 Å². The Kier molecular flexibility index (Phi) is 5.11. The minimum atomic E-state index is -0.402. The molecule has 1 atom stereocenters. The van der Waals surface area contributed by atoms with Crippen LogP contribution in [0.5, 0.6) is 5.75 Å². The minimum absolute atomic E-state index is 0.00514. The van der Waals surface area contributed by atoms with E-state index in [0.29, 0.717) is 13.0 Å². The van der Waals surface area contributed by atoms with Crippen molar-refractivity contribution < 1.29 is 14.2 Å². The number of hydrogen-bond acceptors (Lipinski definition) is 3. The van der Waals surface area contributed by atoms with Crippen LogP contribution < -0.4 is 10.5 Å². The topological polar surface area (TPSA) is 55.5 Å². The number of ether oxygens (including phenoxy) is 1. The van der Waals surface area contributed by atoms with Crippen LogP contribution in [0.3, 0.4) is 0 Å². The normalized spacial score (nSPS) is 14.6. The van der Waals surface area contributed by atoms with E-state index in [0.717, 1.165) is 5.56 Å². The smallest absolute Gasteiger partial charge is 0.165 e. The summed E-state index contributed by atoms with van der Waals surface area (Å²) in [4.78, 5) is 0. The van der Waals surface area contributed by atoms with E-state index >= 15 is 0 Å². The molecular formula is C14H22FNO2. The van der Waals surface area contributed by atoms with Gasteiger partial charge in [-0.2, -0.15) is 0 Å². The summed E-state index contributed by atoms with van der Waals surface area (Å²) in [6.45, 7) is 4.40. The number of halogens is 1. The van der Waals surface area contributed by atoms with E-state index in [-0.39, 0.29) is 24.1 Å². The third kappa shape index (κ3) is 3.00. The zero-order chi connectivity index (χ0) is 13.8. The van der Waals surface area contributed by atoms with Crippen LogP contribution in [0.2, 0.25) is 0 Å². The van der Waals surface area contributed by atoms with Gasteiger partial charge in [0.1, 0.15) is 0 Å². The van der Waals surface area contributed by atoms with Gasteiger partial charge in [0.2, 0.25) is 0 Å². The molecule has 3 nitrogen and oxygen atoms in total. The first-order valence-corrected chi connectivity index (χ1v) is 6.12. The average Bonchev–Trinajstić information content (AvgIpc) is 2.36. The van der Waals surface area contributed by atoms with Crippen LogP contribution in [0.25, 0.3) is 0 Å². The molecule has 0 aliphatic heterocycles. The maximum atomic E-state index is 13.6. The standard InChI is InChI=1S/C14H22FNO2/c1-10(2)14(8-16,9-17)7-11-4-5-13(18-3)12(15)6-11/h4-6,10,17H,7-9,16H2,1-3H3. The Morgan fingerprint density at radius 1 is 1.44 bits per heavy atom. The SMILES string of the molecule is COc1ccc(CC(CN)(CO)C(C)C)cc1F. The van der Waals surface area contributed by atoms with E-state index in [2.05, 4.69) is 0 Å². The number of hydrogen-bond donors (Lipinski definition) is 2. The van der Waals surface area contributed by atoms with Gasteiger partial charge in [-0.3, -0.25) is 0 Å². The van der Waals surface area contributed by atoms with Crippen molar-refractivity contribution in [1.29, 1.82) is 0 Å². The van der Waals surface area contributed by atoms with Crippen LogP contribution in [-0.4, -0.2) is 25.4 Å². The molecule has 0 aliphatic rings. The Morgan fingerprint density at radius 3 is 2.50 bits per heavy atom. The Hall–Kier alpha value is -1.13. The Morgan fingerprint density at radius 2 is 2.11 bits per heavy atom. The number of benzene rings is 1. The molecule has 0 amide bonds. The molecule has 0 saturated heterocycles. The quantitative estimate of drug-likeness (QED) is 0.817. The summed E-state index contributed by atoms with van der Waals surface area (Å²) in [7, 11) is 1.43. The maximum absolute atomic E-state index is 13.6.